The number of rotatable bonds is 5. The number of carbonyl (C=O) groups excluding carboxylic acids is 1. The van der Waals surface area contributed by atoms with Gasteiger partial charge < -0.3 is 16.0 Å². The molecule has 1 amide bonds. The molecular weight excluding hydrogens is 286 g/mol. The molecule has 17 heavy (non-hydrogen) atoms. The first kappa shape index (κ1) is 13.7. The van der Waals surface area contributed by atoms with Gasteiger partial charge in [-0.15, -0.1) is 0 Å². The van der Waals surface area contributed by atoms with Crippen LogP contribution in [0.4, 0.5) is 11.8 Å². The first-order valence-electron chi connectivity index (χ1n) is 5.38. The average molecular weight is 302 g/mol. The Hall–Kier alpha value is -1.37. The van der Waals surface area contributed by atoms with E-state index >= 15 is 0 Å². The minimum atomic E-state index is -0.0431. The van der Waals surface area contributed by atoms with Gasteiger partial charge >= 0.3 is 0 Å². The van der Waals surface area contributed by atoms with E-state index < -0.39 is 0 Å². The van der Waals surface area contributed by atoms with E-state index in [1.54, 1.807) is 6.20 Å². The van der Waals surface area contributed by atoms with Gasteiger partial charge in [-0.2, -0.15) is 4.98 Å². The van der Waals surface area contributed by atoms with Crippen LogP contribution in [-0.4, -0.2) is 35.5 Å². The van der Waals surface area contributed by atoms with Gasteiger partial charge in [-0.25, -0.2) is 4.98 Å². The summed E-state index contributed by atoms with van der Waals surface area (Å²) in [6.07, 6.45) is 1.58. The highest BCUT2D eigenvalue weighted by molar-refractivity contribution is 9.10. The summed E-state index contributed by atoms with van der Waals surface area (Å²) in [7, 11) is 0. The maximum Gasteiger partial charge on any atom is 0.239 e. The Morgan fingerprint density at radius 1 is 1.59 bits per heavy atom. The first-order chi connectivity index (χ1) is 8.08. The fourth-order valence-electron chi connectivity index (χ4n) is 1.36. The number of halogens is 1. The molecule has 0 fully saturated rings. The third-order valence-electron chi connectivity index (χ3n) is 2.13. The van der Waals surface area contributed by atoms with Crippen LogP contribution in [0.1, 0.15) is 13.8 Å². The maximum atomic E-state index is 11.5. The van der Waals surface area contributed by atoms with Gasteiger partial charge in [0.15, 0.2) is 0 Å². The summed E-state index contributed by atoms with van der Waals surface area (Å²) >= 11 is 3.35. The largest absolute Gasteiger partial charge is 0.368 e. The van der Waals surface area contributed by atoms with Crippen molar-refractivity contribution in [2.75, 3.05) is 30.3 Å². The lowest BCUT2D eigenvalue weighted by Crippen LogP contribution is -2.37. The molecule has 0 aliphatic heterocycles. The van der Waals surface area contributed by atoms with E-state index in [-0.39, 0.29) is 18.4 Å². The van der Waals surface area contributed by atoms with Gasteiger partial charge in [0.25, 0.3) is 0 Å². The Balaban J connectivity index is 2.85. The molecule has 0 radical (unpaired) electrons. The van der Waals surface area contributed by atoms with E-state index in [0.717, 1.165) is 4.47 Å². The lowest BCUT2D eigenvalue weighted by Gasteiger charge is -2.22. The summed E-state index contributed by atoms with van der Waals surface area (Å²) in [5.41, 5.74) is 5.54. The number of amides is 1. The standard InChI is InChI=1S/C10H16BrN5O/c1-3-13-8(17)6-16(4-2)9-7(11)5-14-10(12)15-9/h5H,3-4,6H2,1-2H3,(H,13,17)(H2,12,14,15). The summed E-state index contributed by atoms with van der Waals surface area (Å²) in [6.45, 7) is 5.35. The molecule has 0 aliphatic carbocycles. The maximum absolute atomic E-state index is 11.5. The molecule has 0 bridgehead atoms. The van der Waals surface area contributed by atoms with E-state index in [1.807, 2.05) is 18.7 Å². The molecule has 0 atom stereocenters. The van der Waals surface area contributed by atoms with Crippen LogP contribution in [0.5, 0.6) is 0 Å². The molecule has 0 aromatic carbocycles. The molecule has 0 unspecified atom stereocenters. The molecule has 1 heterocycles. The number of carbonyl (C=O) groups is 1. The van der Waals surface area contributed by atoms with Gasteiger partial charge in [0, 0.05) is 19.3 Å². The average Bonchev–Trinajstić information content (AvgIpc) is 2.30. The van der Waals surface area contributed by atoms with Gasteiger partial charge in [-0.3, -0.25) is 4.79 Å². The lowest BCUT2D eigenvalue weighted by molar-refractivity contribution is -0.119. The van der Waals surface area contributed by atoms with Crippen molar-refractivity contribution >= 4 is 33.6 Å². The zero-order chi connectivity index (χ0) is 12.8. The molecule has 0 spiro atoms. The molecule has 94 valence electrons. The van der Waals surface area contributed by atoms with E-state index in [2.05, 4.69) is 31.2 Å². The number of nitrogen functional groups attached to an aromatic ring is 1. The van der Waals surface area contributed by atoms with Gasteiger partial charge in [0.2, 0.25) is 11.9 Å². The molecule has 0 aliphatic rings. The van der Waals surface area contributed by atoms with Crippen LogP contribution >= 0.6 is 15.9 Å². The molecule has 3 N–H and O–H groups in total. The number of hydrogen-bond acceptors (Lipinski definition) is 5. The minimum absolute atomic E-state index is 0.0431. The number of hydrogen-bond donors (Lipinski definition) is 2. The predicted octanol–water partition coefficient (Wildman–Crippen LogP) is 0.784. The van der Waals surface area contributed by atoms with Crippen molar-refractivity contribution in [3.63, 3.8) is 0 Å². The minimum Gasteiger partial charge on any atom is -0.368 e. The summed E-state index contributed by atoms with van der Waals surface area (Å²) in [5, 5.41) is 2.74. The third kappa shape index (κ3) is 3.85. The first-order valence-corrected chi connectivity index (χ1v) is 6.17. The quantitative estimate of drug-likeness (QED) is 0.840. The zero-order valence-corrected chi connectivity index (χ0v) is 11.5. The lowest BCUT2D eigenvalue weighted by atomic mass is 10.4. The predicted molar refractivity (Wildman–Crippen MR) is 70.7 cm³/mol. The molecular formula is C10H16BrN5O. The van der Waals surface area contributed by atoms with Crippen LogP contribution in [-0.2, 0) is 4.79 Å². The Labute approximate surface area is 109 Å². The summed E-state index contributed by atoms with van der Waals surface area (Å²) in [6, 6.07) is 0. The zero-order valence-electron chi connectivity index (χ0n) is 9.90. The van der Waals surface area contributed by atoms with Crippen molar-refractivity contribution in [2.45, 2.75) is 13.8 Å². The van der Waals surface area contributed by atoms with Crippen molar-refractivity contribution in [1.29, 1.82) is 0 Å². The van der Waals surface area contributed by atoms with Crippen LogP contribution in [0.3, 0.4) is 0 Å². The molecule has 6 nitrogen and oxygen atoms in total. The topological polar surface area (TPSA) is 84.1 Å². The fourth-order valence-corrected chi connectivity index (χ4v) is 1.80. The van der Waals surface area contributed by atoms with Crippen molar-refractivity contribution < 1.29 is 4.79 Å². The number of anilines is 2. The Morgan fingerprint density at radius 3 is 2.88 bits per heavy atom. The Morgan fingerprint density at radius 2 is 2.29 bits per heavy atom. The van der Waals surface area contributed by atoms with Crippen molar-refractivity contribution in [3.05, 3.63) is 10.7 Å². The van der Waals surface area contributed by atoms with Crippen molar-refractivity contribution in [3.8, 4) is 0 Å². The van der Waals surface area contributed by atoms with Crippen molar-refractivity contribution in [2.24, 2.45) is 0 Å². The summed E-state index contributed by atoms with van der Waals surface area (Å²) in [5.74, 6) is 0.780. The smallest absolute Gasteiger partial charge is 0.239 e. The second-order valence-corrected chi connectivity index (χ2v) is 4.22. The highest BCUT2D eigenvalue weighted by Crippen LogP contribution is 2.23. The molecule has 1 rings (SSSR count). The van der Waals surface area contributed by atoms with Gasteiger partial charge in [-0.05, 0) is 29.8 Å². The van der Waals surface area contributed by atoms with Crippen LogP contribution < -0.4 is 16.0 Å². The fraction of sp³-hybridized carbons (Fsp3) is 0.500. The third-order valence-corrected chi connectivity index (χ3v) is 2.69. The molecule has 0 saturated carbocycles. The Bertz CT molecular complexity index is 398. The van der Waals surface area contributed by atoms with Gasteiger partial charge in [0.1, 0.15) is 5.82 Å². The van der Waals surface area contributed by atoms with E-state index in [4.69, 9.17) is 5.73 Å². The normalized spacial score (nSPS) is 10.1. The second kappa shape index (κ2) is 6.39. The van der Waals surface area contributed by atoms with Gasteiger partial charge in [-0.1, -0.05) is 0 Å². The van der Waals surface area contributed by atoms with Crippen LogP contribution in [0.25, 0.3) is 0 Å². The molecule has 1 aromatic rings. The number of nitrogens with zero attached hydrogens (tertiary/aromatic N) is 3. The molecule has 0 saturated heterocycles. The van der Waals surface area contributed by atoms with Crippen LogP contribution in [0, 0.1) is 0 Å². The van der Waals surface area contributed by atoms with Crippen LogP contribution in [0.15, 0.2) is 10.7 Å². The van der Waals surface area contributed by atoms with Crippen molar-refractivity contribution in [1.82, 2.24) is 15.3 Å². The number of aromatic nitrogens is 2. The number of nitrogens with one attached hydrogen (secondary N) is 1. The Kier molecular flexibility index (Phi) is 5.14. The van der Waals surface area contributed by atoms with Gasteiger partial charge in [0.05, 0.1) is 11.0 Å². The van der Waals surface area contributed by atoms with E-state index in [1.165, 1.54) is 0 Å². The monoisotopic (exact) mass is 301 g/mol. The SMILES string of the molecule is CCNC(=O)CN(CC)c1nc(N)ncc1Br. The highest BCUT2D eigenvalue weighted by atomic mass is 79.9. The molecule has 1 aromatic heterocycles. The van der Waals surface area contributed by atoms with Crippen LogP contribution in [0.2, 0.25) is 0 Å². The summed E-state index contributed by atoms with van der Waals surface area (Å²) < 4.78 is 0.720. The second-order valence-electron chi connectivity index (χ2n) is 3.37. The number of nitrogens with two attached hydrogens (primary N) is 1. The number of likely N-dealkylation sites (N-methyl/N-ethyl adjacent to an activating group) is 2. The molecule has 7 heteroatoms. The highest BCUT2D eigenvalue weighted by Gasteiger charge is 2.14. The summed E-state index contributed by atoms with van der Waals surface area (Å²) in [4.78, 5) is 21.4. The van der Waals surface area contributed by atoms with E-state index in [0.29, 0.717) is 18.9 Å². The van der Waals surface area contributed by atoms with E-state index in [9.17, 15) is 4.79 Å².